The first kappa shape index (κ1) is 11.8. The number of alkyl halides is 2. The smallest absolute Gasteiger partial charge is 0.308 e. The predicted molar refractivity (Wildman–Crippen MR) is 54.5 cm³/mol. The molecule has 1 heterocycles. The van der Waals surface area contributed by atoms with Crippen molar-refractivity contribution in [3.05, 3.63) is 0 Å². The summed E-state index contributed by atoms with van der Waals surface area (Å²) in [5.74, 6) is -4.89. The summed E-state index contributed by atoms with van der Waals surface area (Å²) in [5, 5.41) is 11.9. The lowest BCUT2D eigenvalue weighted by molar-refractivity contribution is -0.168. The highest BCUT2D eigenvalue weighted by molar-refractivity contribution is 5.72. The van der Waals surface area contributed by atoms with Crippen molar-refractivity contribution in [1.29, 1.82) is 0 Å². The van der Waals surface area contributed by atoms with Crippen molar-refractivity contribution in [2.75, 3.05) is 13.1 Å². The number of halogens is 2. The fourth-order valence-electron chi connectivity index (χ4n) is 3.12. The van der Waals surface area contributed by atoms with E-state index < -0.39 is 23.2 Å². The van der Waals surface area contributed by atoms with Gasteiger partial charge in [-0.2, -0.15) is 0 Å². The van der Waals surface area contributed by atoms with Crippen molar-refractivity contribution in [2.24, 2.45) is 11.3 Å². The van der Waals surface area contributed by atoms with Crippen molar-refractivity contribution in [1.82, 2.24) is 5.32 Å². The van der Waals surface area contributed by atoms with Crippen LogP contribution in [0.15, 0.2) is 0 Å². The number of aliphatic carboxylic acids is 1. The summed E-state index contributed by atoms with van der Waals surface area (Å²) in [4.78, 5) is 11.1. The molecule has 2 N–H and O–H groups in total. The molecule has 2 fully saturated rings. The monoisotopic (exact) mass is 233 g/mol. The molecule has 1 saturated carbocycles. The van der Waals surface area contributed by atoms with Crippen molar-refractivity contribution in [2.45, 2.75) is 38.0 Å². The van der Waals surface area contributed by atoms with Crippen LogP contribution in [0.2, 0.25) is 0 Å². The maximum Gasteiger partial charge on any atom is 0.308 e. The van der Waals surface area contributed by atoms with E-state index in [-0.39, 0.29) is 19.5 Å². The second-order valence-electron chi connectivity index (χ2n) is 4.94. The fourth-order valence-corrected chi connectivity index (χ4v) is 3.12. The molecule has 0 aromatic heterocycles. The first-order chi connectivity index (χ1) is 7.50. The number of carboxylic acid groups (broad SMARTS) is 1. The summed E-state index contributed by atoms with van der Waals surface area (Å²) in [5.41, 5.74) is -1.35. The molecule has 2 aliphatic rings. The van der Waals surface area contributed by atoms with Crippen molar-refractivity contribution in [3.63, 3.8) is 0 Å². The van der Waals surface area contributed by atoms with E-state index in [2.05, 4.69) is 5.32 Å². The maximum atomic E-state index is 14.1. The van der Waals surface area contributed by atoms with Gasteiger partial charge in [0.25, 0.3) is 5.92 Å². The molecule has 5 heteroatoms. The van der Waals surface area contributed by atoms with Crippen LogP contribution in [0.3, 0.4) is 0 Å². The van der Waals surface area contributed by atoms with Crippen LogP contribution in [-0.4, -0.2) is 30.1 Å². The Balaban J connectivity index is 2.34. The number of nitrogens with one attached hydrogen (secondary N) is 1. The van der Waals surface area contributed by atoms with Crippen molar-refractivity contribution >= 4 is 5.97 Å². The lowest BCUT2D eigenvalue weighted by Gasteiger charge is -2.38. The highest BCUT2D eigenvalue weighted by Crippen LogP contribution is 2.53. The average molecular weight is 233 g/mol. The zero-order valence-corrected chi connectivity index (χ0v) is 9.14. The summed E-state index contributed by atoms with van der Waals surface area (Å²) in [6.07, 6.45) is 2.15. The number of carbonyl (C=O) groups is 1. The zero-order chi connectivity index (χ0) is 11.8. The van der Waals surface area contributed by atoms with Crippen LogP contribution in [0.1, 0.15) is 32.1 Å². The van der Waals surface area contributed by atoms with Gasteiger partial charge < -0.3 is 10.4 Å². The number of rotatable bonds is 1. The molecular weight excluding hydrogens is 216 g/mol. The normalized spacial score (nSPS) is 38.5. The third kappa shape index (κ3) is 1.61. The summed E-state index contributed by atoms with van der Waals surface area (Å²) in [7, 11) is 0. The Hall–Kier alpha value is -0.710. The fraction of sp³-hybridized carbons (Fsp3) is 0.909. The van der Waals surface area contributed by atoms with Crippen LogP contribution in [-0.2, 0) is 4.79 Å². The van der Waals surface area contributed by atoms with Gasteiger partial charge in [0.05, 0.1) is 11.3 Å². The SMILES string of the molecule is O=C(O)C1CNCC12CCCCCC2(F)F. The highest BCUT2D eigenvalue weighted by Gasteiger charge is 2.61. The quantitative estimate of drug-likeness (QED) is 0.727. The van der Waals surface area contributed by atoms with Crippen LogP contribution in [0, 0.1) is 11.3 Å². The molecule has 0 aromatic rings. The molecule has 16 heavy (non-hydrogen) atoms. The second kappa shape index (κ2) is 3.95. The molecule has 0 radical (unpaired) electrons. The third-order valence-electron chi connectivity index (χ3n) is 4.10. The maximum absolute atomic E-state index is 14.1. The van der Waals surface area contributed by atoms with Crippen LogP contribution in [0.4, 0.5) is 8.78 Å². The zero-order valence-electron chi connectivity index (χ0n) is 9.14. The summed E-state index contributed by atoms with van der Waals surface area (Å²) >= 11 is 0. The molecule has 2 unspecified atom stereocenters. The summed E-state index contributed by atoms with van der Waals surface area (Å²) in [6, 6.07) is 0. The Labute approximate surface area is 93.2 Å². The van der Waals surface area contributed by atoms with Gasteiger partial charge in [0.15, 0.2) is 0 Å². The molecule has 0 bridgehead atoms. The van der Waals surface area contributed by atoms with Crippen molar-refractivity contribution < 1.29 is 18.7 Å². The molecule has 1 saturated heterocycles. The van der Waals surface area contributed by atoms with E-state index in [9.17, 15) is 13.6 Å². The number of hydrogen-bond acceptors (Lipinski definition) is 2. The molecule has 92 valence electrons. The van der Waals surface area contributed by atoms with E-state index in [1.54, 1.807) is 0 Å². The molecular formula is C11H17F2NO2. The first-order valence-corrected chi connectivity index (χ1v) is 5.81. The van der Waals surface area contributed by atoms with Gasteiger partial charge in [-0.05, 0) is 12.8 Å². The predicted octanol–water partition coefficient (Wildman–Crippen LogP) is 1.88. The van der Waals surface area contributed by atoms with Gasteiger partial charge in [-0.25, -0.2) is 8.78 Å². The van der Waals surface area contributed by atoms with E-state index >= 15 is 0 Å². The van der Waals surface area contributed by atoms with Gasteiger partial charge in [-0.1, -0.05) is 12.8 Å². The van der Waals surface area contributed by atoms with Gasteiger partial charge in [0.2, 0.25) is 0 Å². The molecule has 2 atom stereocenters. The van der Waals surface area contributed by atoms with Crippen LogP contribution in [0.25, 0.3) is 0 Å². The Morgan fingerprint density at radius 3 is 2.62 bits per heavy atom. The minimum absolute atomic E-state index is 0.136. The lowest BCUT2D eigenvalue weighted by atomic mass is 9.69. The minimum atomic E-state index is -2.85. The van der Waals surface area contributed by atoms with Gasteiger partial charge in [0, 0.05) is 19.5 Å². The molecule has 1 spiro atoms. The number of hydrogen-bond donors (Lipinski definition) is 2. The lowest BCUT2D eigenvalue weighted by Crippen LogP contribution is -2.49. The number of carboxylic acids is 1. The summed E-state index contributed by atoms with van der Waals surface area (Å²) < 4.78 is 28.3. The van der Waals surface area contributed by atoms with Gasteiger partial charge >= 0.3 is 5.97 Å². The van der Waals surface area contributed by atoms with Gasteiger partial charge in [0.1, 0.15) is 0 Å². The van der Waals surface area contributed by atoms with Gasteiger partial charge in [-0.15, -0.1) is 0 Å². The molecule has 0 aromatic carbocycles. The minimum Gasteiger partial charge on any atom is -0.481 e. The van der Waals surface area contributed by atoms with E-state index in [1.165, 1.54) is 0 Å². The van der Waals surface area contributed by atoms with E-state index in [0.717, 1.165) is 6.42 Å². The standard InChI is InChI=1S/C11H17F2NO2/c12-11(13)5-3-1-2-4-10(11)7-14-6-8(10)9(15)16/h8,14H,1-7H2,(H,15,16). The Kier molecular flexibility index (Phi) is 2.90. The van der Waals surface area contributed by atoms with Gasteiger partial charge in [-0.3, -0.25) is 4.79 Å². The second-order valence-corrected chi connectivity index (χ2v) is 4.94. The van der Waals surface area contributed by atoms with E-state index in [4.69, 9.17) is 5.11 Å². The molecule has 3 nitrogen and oxygen atoms in total. The van der Waals surface area contributed by atoms with Crippen LogP contribution < -0.4 is 5.32 Å². The van der Waals surface area contributed by atoms with E-state index in [1.807, 2.05) is 0 Å². The topological polar surface area (TPSA) is 49.3 Å². The average Bonchev–Trinajstić information content (AvgIpc) is 2.56. The van der Waals surface area contributed by atoms with Crippen LogP contribution in [0.5, 0.6) is 0 Å². The van der Waals surface area contributed by atoms with E-state index in [0.29, 0.717) is 19.3 Å². The van der Waals surface area contributed by atoms with Crippen molar-refractivity contribution in [3.8, 4) is 0 Å². The molecule has 1 aliphatic carbocycles. The third-order valence-corrected chi connectivity index (χ3v) is 4.10. The molecule has 1 aliphatic heterocycles. The molecule has 2 rings (SSSR count). The largest absolute Gasteiger partial charge is 0.481 e. The van der Waals surface area contributed by atoms with Crippen LogP contribution >= 0.6 is 0 Å². The highest BCUT2D eigenvalue weighted by atomic mass is 19.3. The Morgan fingerprint density at radius 1 is 1.25 bits per heavy atom. The first-order valence-electron chi connectivity index (χ1n) is 5.81. The summed E-state index contributed by atoms with van der Waals surface area (Å²) in [6.45, 7) is 0.307. The molecule has 0 amide bonds. The Morgan fingerprint density at radius 2 is 1.94 bits per heavy atom. The Bertz CT molecular complexity index is 296.